The molecule has 0 heterocycles. The van der Waals surface area contributed by atoms with Crippen LogP contribution < -0.4 is 4.74 Å². The summed E-state index contributed by atoms with van der Waals surface area (Å²) in [6.45, 7) is 0.282. The van der Waals surface area contributed by atoms with E-state index >= 15 is 0 Å². The van der Waals surface area contributed by atoms with Crippen LogP contribution >= 0.6 is 0 Å². The van der Waals surface area contributed by atoms with Crippen molar-refractivity contribution in [2.24, 2.45) is 5.11 Å². The summed E-state index contributed by atoms with van der Waals surface area (Å²) in [6, 6.07) is 4.45. The quantitative estimate of drug-likeness (QED) is 0.290. The minimum absolute atomic E-state index is 0.148. The number of methoxy groups -OCH3 is 1. The van der Waals surface area contributed by atoms with E-state index in [1.807, 2.05) is 0 Å². The molecular formula is C12H11N3O3. The highest BCUT2D eigenvalue weighted by molar-refractivity contribution is 5.88. The average molecular weight is 245 g/mol. The lowest BCUT2D eigenvalue weighted by Crippen LogP contribution is -1.98. The SMILES string of the molecule is COc1ccc(C(=O)O)cc1C#CCCN=[N+]=[N-]. The van der Waals surface area contributed by atoms with Crippen molar-refractivity contribution in [3.05, 3.63) is 39.8 Å². The van der Waals surface area contributed by atoms with Gasteiger partial charge >= 0.3 is 5.97 Å². The predicted octanol–water partition coefficient (Wildman–Crippen LogP) is 2.45. The number of benzene rings is 1. The molecule has 0 saturated carbocycles. The summed E-state index contributed by atoms with van der Waals surface area (Å²) >= 11 is 0. The summed E-state index contributed by atoms with van der Waals surface area (Å²) in [5.41, 5.74) is 8.73. The van der Waals surface area contributed by atoms with Gasteiger partial charge < -0.3 is 9.84 Å². The molecule has 0 saturated heterocycles. The summed E-state index contributed by atoms with van der Waals surface area (Å²) in [5.74, 6) is 5.08. The molecule has 1 aromatic rings. The number of hydrogen-bond acceptors (Lipinski definition) is 3. The molecule has 0 aromatic heterocycles. The van der Waals surface area contributed by atoms with Crippen molar-refractivity contribution in [3.63, 3.8) is 0 Å². The smallest absolute Gasteiger partial charge is 0.335 e. The maximum atomic E-state index is 10.8. The van der Waals surface area contributed by atoms with Gasteiger partial charge in [-0.3, -0.25) is 0 Å². The van der Waals surface area contributed by atoms with Gasteiger partial charge in [0.05, 0.1) is 18.2 Å². The van der Waals surface area contributed by atoms with Crippen LogP contribution in [-0.2, 0) is 0 Å². The number of aromatic carboxylic acids is 1. The maximum absolute atomic E-state index is 10.8. The molecule has 0 bridgehead atoms. The Morgan fingerprint density at radius 3 is 3.00 bits per heavy atom. The second-order valence-electron chi connectivity index (χ2n) is 3.23. The van der Waals surface area contributed by atoms with Gasteiger partial charge in [-0.2, -0.15) is 0 Å². The van der Waals surface area contributed by atoms with Crippen LogP contribution in [0.3, 0.4) is 0 Å². The summed E-state index contributed by atoms with van der Waals surface area (Å²) in [5, 5.41) is 12.2. The second-order valence-corrected chi connectivity index (χ2v) is 3.23. The Bertz CT molecular complexity index is 551. The zero-order chi connectivity index (χ0) is 13.4. The zero-order valence-electron chi connectivity index (χ0n) is 9.75. The van der Waals surface area contributed by atoms with Gasteiger partial charge in [-0.1, -0.05) is 17.0 Å². The molecule has 18 heavy (non-hydrogen) atoms. The molecule has 6 heteroatoms. The Kier molecular flexibility index (Phi) is 5.10. The Hall–Kier alpha value is -2.64. The highest BCUT2D eigenvalue weighted by atomic mass is 16.5. The number of rotatable bonds is 4. The number of carbonyl (C=O) groups is 1. The Labute approximate surface area is 104 Å². The van der Waals surface area contributed by atoms with Crippen molar-refractivity contribution < 1.29 is 14.6 Å². The van der Waals surface area contributed by atoms with Crippen LogP contribution in [0.5, 0.6) is 5.75 Å². The fourth-order valence-electron chi connectivity index (χ4n) is 1.25. The minimum Gasteiger partial charge on any atom is -0.495 e. The van der Waals surface area contributed by atoms with Crippen LogP contribution in [0.2, 0.25) is 0 Å². The molecule has 1 rings (SSSR count). The van der Waals surface area contributed by atoms with Gasteiger partial charge in [0.2, 0.25) is 0 Å². The number of nitrogens with zero attached hydrogens (tertiary/aromatic N) is 3. The van der Waals surface area contributed by atoms with Crippen LogP contribution in [0.25, 0.3) is 10.4 Å². The molecule has 0 radical (unpaired) electrons. The average Bonchev–Trinajstić information content (AvgIpc) is 2.38. The molecule has 0 fully saturated rings. The first-order chi connectivity index (χ1) is 8.69. The monoisotopic (exact) mass is 245 g/mol. The van der Waals surface area contributed by atoms with E-state index in [0.29, 0.717) is 17.7 Å². The first-order valence-electron chi connectivity index (χ1n) is 5.10. The molecule has 0 unspecified atom stereocenters. The number of carboxylic acids is 1. The summed E-state index contributed by atoms with van der Waals surface area (Å²) in [7, 11) is 1.49. The van der Waals surface area contributed by atoms with Crippen molar-refractivity contribution in [2.75, 3.05) is 13.7 Å². The van der Waals surface area contributed by atoms with Crippen LogP contribution in [0.15, 0.2) is 23.3 Å². The third-order valence-corrected chi connectivity index (χ3v) is 2.07. The van der Waals surface area contributed by atoms with Crippen molar-refractivity contribution in [1.29, 1.82) is 0 Å². The van der Waals surface area contributed by atoms with Crippen LogP contribution in [-0.4, -0.2) is 24.7 Å². The Balaban J connectivity index is 2.93. The minimum atomic E-state index is -1.02. The van der Waals surface area contributed by atoms with Gasteiger partial charge in [-0.25, -0.2) is 4.79 Å². The normalized spacial score (nSPS) is 8.72. The van der Waals surface area contributed by atoms with E-state index in [9.17, 15) is 4.79 Å². The van der Waals surface area contributed by atoms with Gasteiger partial charge in [-0.15, -0.1) is 0 Å². The highest BCUT2D eigenvalue weighted by Crippen LogP contribution is 2.18. The Morgan fingerprint density at radius 1 is 1.61 bits per heavy atom. The third kappa shape index (κ3) is 3.74. The van der Waals surface area contributed by atoms with Crippen molar-refractivity contribution in [3.8, 4) is 17.6 Å². The lowest BCUT2D eigenvalue weighted by atomic mass is 10.1. The van der Waals surface area contributed by atoms with Crippen LogP contribution in [0.1, 0.15) is 22.3 Å². The first kappa shape index (κ1) is 13.4. The third-order valence-electron chi connectivity index (χ3n) is 2.07. The van der Waals surface area contributed by atoms with E-state index in [0.717, 1.165) is 0 Å². The van der Waals surface area contributed by atoms with Gasteiger partial charge in [0.25, 0.3) is 0 Å². The van der Waals surface area contributed by atoms with E-state index in [1.165, 1.54) is 19.2 Å². The second kappa shape index (κ2) is 6.84. The molecule has 92 valence electrons. The fourth-order valence-corrected chi connectivity index (χ4v) is 1.25. The van der Waals surface area contributed by atoms with Gasteiger partial charge in [-0.05, 0) is 23.7 Å². The number of azide groups is 1. The van der Waals surface area contributed by atoms with Gasteiger partial charge in [0.1, 0.15) is 5.75 Å². The fraction of sp³-hybridized carbons (Fsp3) is 0.250. The zero-order valence-corrected chi connectivity index (χ0v) is 9.75. The first-order valence-corrected chi connectivity index (χ1v) is 5.10. The number of ether oxygens (including phenoxy) is 1. The molecule has 0 aliphatic carbocycles. The van der Waals surface area contributed by atoms with E-state index in [2.05, 4.69) is 21.9 Å². The predicted molar refractivity (Wildman–Crippen MR) is 65.5 cm³/mol. The molecule has 0 spiro atoms. The molecule has 0 amide bonds. The highest BCUT2D eigenvalue weighted by Gasteiger charge is 2.06. The molecule has 1 N–H and O–H groups in total. The topological polar surface area (TPSA) is 95.3 Å². The maximum Gasteiger partial charge on any atom is 0.335 e. The molecule has 6 nitrogen and oxygen atoms in total. The van der Waals surface area contributed by atoms with E-state index in [-0.39, 0.29) is 12.1 Å². The molecular weight excluding hydrogens is 234 g/mol. The molecule has 0 aliphatic heterocycles. The van der Waals surface area contributed by atoms with Crippen molar-refractivity contribution in [2.45, 2.75) is 6.42 Å². The van der Waals surface area contributed by atoms with E-state index in [4.69, 9.17) is 15.4 Å². The van der Waals surface area contributed by atoms with Crippen molar-refractivity contribution >= 4 is 5.97 Å². The van der Waals surface area contributed by atoms with Gasteiger partial charge in [0.15, 0.2) is 0 Å². The summed E-state index contributed by atoms with van der Waals surface area (Å²) < 4.78 is 5.08. The molecule has 0 aliphatic rings. The van der Waals surface area contributed by atoms with Crippen LogP contribution in [0, 0.1) is 11.8 Å². The molecule has 0 atom stereocenters. The lowest BCUT2D eigenvalue weighted by Gasteiger charge is -2.03. The standard InChI is InChI=1S/C12H11N3O3/c1-18-11-6-5-10(12(16)17)8-9(11)4-2-3-7-14-15-13/h5-6,8H,3,7H2,1H3,(H,16,17). The summed E-state index contributed by atoms with van der Waals surface area (Å²) in [6.07, 6.45) is 0.407. The summed E-state index contributed by atoms with van der Waals surface area (Å²) in [4.78, 5) is 13.4. The van der Waals surface area contributed by atoms with Gasteiger partial charge in [0, 0.05) is 17.9 Å². The molecule has 1 aromatic carbocycles. The largest absolute Gasteiger partial charge is 0.495 e. The van der Waals surface area contributed by atoms with E-state index in [1.54, 1.807) is 6.07 Å². The number of carboxylic acid groups (broad SMARTS) is 1. The lowest BCUT2D eigenvalue weighted by molar-refractivity contribution is 0.0697. The van der Waals surface area contributed by atoms with E-state index < -0.39 is 5.97 Å². The van der Waals surface area contributed by atoms with Crippen molar-refractivity contribution in [1.82, 2.24) is 0 Å². The number of hydrogen-bond donors (Lipinski definition) is 1. The van der Waals surface area contributed by atoms with Crippen LogP contribution in [0.4, 0.5) is 0 Å². The Morgan fingerprint density at radius 2 is 2.39 bits per heavy atom.